The number of anilines is 1. The molecule has 1 aliphatic heterocycles. The van der Waals surface area contributed by atoms with Crippen molar-refractivity contribution in [1.82, 2.24) is 0 Å². The van der Waals surface area contributed by atoms with Crippen molar-refractivity contribution < 1.29 is 23.7 Å². The molecule has 1 heterocycles. The summed E-state index contributed by atoms with van der Waals surface area (Å²) in [5, 5.41) is 9.51. The number of hydrogen-bond acceptors (Lipinski definition) is 4. The van der Waals surface area contributed by atoms with E-state index in [2.05, 4.69) is 0 Å². The van der Waals surface area contributed by atoms with Gasteiger partial charge in [-0.15, -0.1) is 0 Å². The molecule has 1 aromatic rings. The third kappa shape index (κ3) is 3.38. The summed E-state index contributed by atoms with van der Waals surface area (Å²) < 4.78 is 23.8. The summed E-state index contributed by atoms with van der Waals surface area (Å²) in [5.74, 6) is -0.542. The number of nitrogens with zero attached hydrogens (tertiary/aromatic N) is 1. The van der Waals surface area contributed by atoms with Gasteiger partial charge in [0.15, 0.2) is 5.82 Å². The molecular formula is C12H15BFNO4. The van der Waals surface area contributed by atoms with Crippen molar-refractivity contribution in [3.05, 3.63) is 24.0 Å². The highest BCUT2D eigenvalue weighted by molar-refractivity contribution is 6.32. The fraction of sp³-hybridized carbons (Fsp3) is 0.417. The first-order valence-electron chi connectivity index (χ1n) is 5.96. The number of halogens is 1. The van der Waals surface area contributed by atoms with E-state index in [0.29, 0.717) is 18.8 Å². The van der Waals surface area contributed by atoms with E-state index < -0.39 is 17.4 Å². The van der Waals surface area contributed by atoms with E-state index in [-0.39, 0.29) is 13.2 Å². The molecule has 0 unspecified atom stereocenters. The molecule has 0 radical (unpaired) electrons. The average molecular weight is 267 g/mol. The summed E-state index contributed by atoms with van der Waals surface area (Å²) in [7, 11) is -0.0188. The van der Waals surface area contributed by atoms with Crippen LogP contribution in [0.5, 0.6) is 5.75 Å². The van der Waals surface area contributed by atoms with Crippen LogP contribution in [0.25, 0.3) is 0 Å². The number of rotatable bonds is 4. The monoisotopic (exact) mass is 267 g/mol. The van der Waals surface area contributed by atoms with E-state index in [1.54, 1.807) is 19.9 Å². The van der Waals surface area contributed by atoms with Gasteiger partial charge in [0.05, 0.1) is 17.7 Å². The lowest BCUT2D eigenvalue weighted by atomic mass is 9.78. The Bertz CT molecular complexity index is 489. The van der Waals surface area contributed by atoms with Gasteiger partial charge in [0.2, 0.25) is 0 Å². The minimum absolute atomic E-state index is 0.0188. The summed E-state index contributed by atoms with van der Waals surface area (Å²) >= 11 is 0. The van der Waals surface area contributed by atoms with Crippen molar-refractivity contribution >= 4 is 19.3 Å². The molecule has 1 saturated heterocycles. The molecule has 0 aromatic heterocycles. The minimum Gasteiger partial charge on any atom is -0.559 e. The van der Waals surface area contributed by atoms with Crippen LogP contribution in [0.4, 0.5) is 14.9 Å². The van der Waals surface area contributed by atoms with Gasteiger partial charge in [0.1, 0.15) is 12.4 Å². The van der Waals surface area contributed by atoms with Crippen LogP contribution >= 0.6 is 0 Å². The number of carbonyl (C=O) groups excluding carboxylic acids is 1. The number of benzene rings is 1. The molecule has 0 atom stereocenters. The van der Waals surface area contributed by atoms with Crippen molar-refractivity contribution in [2.75, 3.05) is 18.1 Å². The number of carbonyl (C=O) groups is 1. The van der Waals surface area contributed by atoms with Crippen LogP contribution in [0.2, 0.25) is 0 Å². The van der Waals surface area contributed by atoms with Crippen LogP contribution in [0.3, 0.4) is 0 Å². The third-order valence-corrected chi connectivity index (χ3v) is 2.57. The molecule has 7 heteroatoms. The zero-order chi connectivity index (χ0) is 14.0. The average Bonchev–Trinajstić information content (AvgIpc) is 2.72. The zero-order valence-corrected chi connectivity index (χ0v) is 10.9. The molecule has 1 aliphatic rings. The Hall–Kier alpha value is -1.76. The second kappa shape index (κ2) is 5.09. The Balaban J connectivity index is 2.11. The van der Waals surface area contributed by atoms with Crippen molar-refractivity contribution in [3.8, 4) is 5.75 Å². The van der Waals surface area contributed by atoms with Crippen molar-refractivity contribution in [1.29, 1.82) is 0 Å². The molecule has 5 nitrogen and oxygen atoms in total. The van der Waals surface area contributed by atoms with Crippen LogP contribution in [0.15, 0.2) is 18.2 Å². The summed E-state index contributed by atoms with van der Waals surface area (Å²) in [5.41, 5.74) is -0.611. The number of amides is 1. The molecule has 0 spiro atoms. The molecular weight excluding hydrogens is 252 g/mol. The van der Waals surface area contributed by atoms with E-state index in [4.69, 9.17) is 9.39 Å². The van der Waals surface area contributed by atoms with Crippen molar-refractivity contribution in [2.24, 2.45) is 0 Å². The Morgan fingerprint density at radius 1 is 1.53 bits per heavy atom. The molecule has 102 valence electrons. The fourth-order valence-corrected chi connectivity index (χ4v) is 1.66. The first kappa shape index (κ1) is 13.7. The smallest absolute Gasteiger partial charge is 0.414 e. The predicted octanol–water partition coefficient (Wildman–Crippen LogP) is 1.24. The second-order valence-corrected chi connectivity index (χ2v) is 4.98. The summed E-state index contributed by atoms with van der Waals surface area (Å²) in [6.07, 6.45) is -0.482. The Kier molecular flexibility index (Phi) is 3.66. The lowest BCUT2D eigenvalue weighted by molar-refractivity contribution is 0.153. The van der Waals surface area contributed by atoms with Gasteiger partial charge in [-0.3, -0.25) is 4.90 Å². The van der Waals surface area contributed by atoms with E-state index in [9.17, 15) is 14.3 Å². The van der Waals surface area contributed by atoms with Gasteiger partial charge in [-0.1, -0.05) is 0 Å². The van der Waals surface area contributed by atoms with Crippen LogP contribution < -0.4 is 9.55 Å². The van der Waals surface area contributed by atoms with Crippen LogP contribution in [0, 0.1) is 5.82 Å². The van der Waals surface area contributed by atoms with Gasteiger partial charge in [-0.2, -0.15) is 0 Å². The maximum absolute atomic E-state index is 13.8. The van der Waals surface area contributed by atoms with Gasteiger partial charge in [-0.05, 0) is 26.0 Å². The number of aliphatic hydroxyl groups is 1. The molecule has 0 bridgehead atoms. The molecule has 2 rings (SSSR count). The fourth-order valence-electron chi connectivity index (χ4n) is 1.66. The van der Waals surface area contributed by atoms with Gasteiger partial charge < -0.3 is 14.5 Å². The highest BCUT2D eigenvalue weighted by atomic mass is 19.1. The Labute approximate surface area is 111 Å². The van der Waals surface area contributed by atoms with Gasteiger partial charge >= 0.3 is 13.6 Å². The quantitative estimate of drug-likeness (QED) is 0.834. The Morgan fingerprint density at radius 2 is 2.26 bits per heavy atom. The number of cyclic esters (lactones) is 1. The molecule has 0 aliphatic carbocycles. The molecule has 1 N–H and O–H groups in total. The molecule has 1 amide bonds. The minimum atomic E-state index is -1.04. The zero-order valence-electron chi connectivity index (χ0n) is 10.9. The van der Waals surface area contributed by atoms with Crippen LogP contribution in [-0.2, 0) is 4.74 Å². The van der Waals surface area contributed by atoms with Gasteiger partial charge in [-0.25, -0.2) is 9.18 Å². The lowest BCUT2D eigenvalue weighted by Crippen LogP contribution is -2.32. The summed E-state index contributed by atoms with van der Waals surface area (Å²) in [4.78, 5) is 12.7. The number of ether oxygens (including phenoxy) is 1. The highest BCUT2D eigenvalue weighted by Crippen LogP contribution is 2.25. The normalized spacial score (nSPS) is 15.4. The van der Waals surface area contributed by atoms with E-state index >= 15 is 0 Å². The predicted molar refractivity (Wildman–Crippen MR) is 69.2 cm³/mol. The third-order valence-electron chi connectivity index (χ3n) is 2.57. The maximum atomic E-state index is 13.8. The van der Waals surface area contributed by atoms with Gasteiger partial charge in [0, 0.05) is 6.07 Å². The van der Waals surface area contributed by atoms with E-state index in [1.807, 2.05) is 0 Å². The summed E-state index contributed by atoms with van der Waals surface area (Å²) in [6, 6.07) is 4.23. The maximum Gasteiger partial charge on any atom is 0.414 e. The molecule has 19 heavy (non-hydrogen) atoms. The standard InChI is InChI=1S/C12H15BFNO4/c1-12(2,17)13-19-10-4-3-8(7-9(10)14)15-5-6-18-11(15)16/h3-4,7,13,17H,5-6H2,1-2H3. The van der Waals surface area contributed by atoms with Crippen molar-refractivity contribution in [2.45, 2.75) is 19.3 Å². The van der Waals surface area contributed by atoms with Crippen LogP contribution in [0.1, 0.15) is 13.8 Å². The number of hydrogen-bond donors (Lipinski definition) is 1. The van der Waals surface area contributed by atoms with Gasteiger partial charge in [0.25, 0.3) is 0 Å². The van der Waals surface area contributed by atoms with Crippen LogP contribution in [-0.4, -0.2) is 37.3 Å². The summed E-state index contributed by atoms with van der Waals surface area (Å²) in [6.45, 7) is 3.85. The first-order valence-corrected chi connectivity index (χ1v) is 5.96. The largest absolute Gasteiger partial charge is 0.559 e. The topological polar surface area (TPSA) is 59.0 Å². The SMILES string of the molecule is CC(C)(O)BOc1ccc(N2CCOC2=O)cc1F. The van der Waals surface area contributed by atoms with E-state index in [1.165, 1.54) is 17.0 Å². The lowest BCUT2D eigenvalue weighted by Gasteiger charge is -2.17. The first-order chi connectivity index (χ1) is 8.87. The molecule has 1 fully saturated rings. The molecule has 1 aromatic carbocycles. The highest BCUT2D eigenvalue weighted by Gasteiger charge is 2.25. The molecule has 0 saturated carbocycles. The Morgan fingerprint density at radius 3 is 2.79 bits per heavy atom. The van der Waals surface area contributed by atoms with E-state index in [0.717, 1.165) is 0 Å². The second-order valence-electron chi connectivity index (χ2n) is 4.98. The van der Waals surface area contributed by atoms with Crippen molar-refractivity contribution in [3.63, 3.8) is 0 Å².